The molecule has 0 unspecified atom stereocenters. The van der Waals surface area contributed by atoms with Gasteiger partial charge in [-0.2, -0.15) is 5.26 Å². The molecule has 0 aromatic heterocycles. The highest BCUT2D eigenvalue weighted by Crippen LogP contribution is 2.38. The van der Waals surface area contributed by atoms with Gasteiger partial charge in [0.2, 0.25) is 0 Å². The van der Waals surface area contributed by atoms with Crippen LogP contribution in [0.2, 0.25) is 5.02 Å². The summed E-state index contributed by atoms with van der Waals surface area (Å²) < 4.78 is 24.3. The molecule has 0 N–H and O–H groups in total. The van der Waals surface area contributed by atoms with E-state index >= 15 is 0 Å². The molecule has 31 heavy (non-hydrogen) atoms. The minimum absolute atomic E-state index is 0.0375. The fourth-order valence-electron chi connectivity index (χ4n) is 2.85. The van der Waals surface area contributed by atoms with Crippen molar-refractivity contribution in [3.8, 4) is 17.6 Å². The van der Waals surface area contributed by atoms with Crippen LogP contribution in [0.15, 0.2) is 60.7 Å². The fraction of sp³-hybridized carbons (Fsp3) is 0.0870. The standard InChI is InChI=1S/C23H16ClFN2O4/c1-30-22-12-16(9-18(13-26)17-5-7-19(25)8-6-17)11-21(24)23(22)31-14-15-3-2-4-20(10-15)27(28)29/h2-12H,14H2,1H3. The van der Waals surface area contributed by atoms with Crippen LogP contribution in [-0.4, -0.2) is 12.0 Å². The Morgan fingerprint density at radius 2 is 1.97 bits per heavy atom. The third kappa shape index (κ3) is 5.38. The number of hydrogen-bond acceptors (Lipinski definition) is 5. The zero-order chi connectivity index (χ0) is 22.4. The number of non-ortho nitro benzene ring substituents is 1. The van der Waals surface area contributed by atoms with Crippen molar-refractivity contribution in [2.75, 3.05) is 7.11 Å². The highest BCUT2D eigenvalue weighted by atomic mass is 35.5. The molecule has 0 heterocycles. The van der Waals surface area contributed by atoms with E-state index < -0.39 is 10.7 Å². The first-order valence-electron chi connectivity index (χ1n) is 9.02. The van der Waals surface area contributed by atoms with E-state index in [0.29, 0.717) is 28.0 Å². The summed E-state index contributed by atoms with van der Waals surface area (Å²) in [5, 5.41) is 20.7. The molecule has 0 saturated heterocycles. The minimum atomic E-state index is -0.480. The van der Waals surface area contributed by atoms with E-state index in [9.17, 15) is 19.8 Å². The first-order chi connectivity index (χ1) is 14.9. The number of ether oxygens (including phenoxy) is 2. The molecule has 0 aliphatic heterocycles. The largest absolute Gasteiger partial charge is 0.493 e. The maximum absolute atomic E-state index is 13.2. The SMILES string of the molecule is COc1cc(C=C(C#N)c2ccc(F)cc2)cc(Cl)c1OCc1cccc([N+](=O)[O-])c1. The number of nitro groups is 1. The van der Waals surface area contributed by atoms with Crippen LogP contribution < -0.4 is 9.47 Å². The van der Waals surface area contributed by atoms with Crippen LogP contribution in [0.1, 0.15) is 16.7 Å². The van der Waals surface area contributed by atoms with Crippen LogP contribution >= 0.6 is 11.6 Å². The molecule has 3 rings (SSSR count). The fourth-order valence-corrected chi connectivity index (χ4v) is 3.13. The quantitative estimate of drug-likeness (QED) is 0.194. The second kappa shape index (κ2) is 9.74. The van der Waals surface area contributed by atoms with Crippen LogP contribution in [0.4, 0.5) is 10.1 Å². The molecule has 0 spiro atoms. The third-order valence-corrected chi connectivity index (χ3v) is 4.62. The first-order valence-corrected chi connectivity index (χ1v) is 9.40. The smallest absolute Gasteiger partial charge is 0.269 e. The Morgan fingerprint density at radius 3 is 2.61 bits per heavy atom. The lowest BCUT2D eigenvalue weighted by atomic mass is 10.0. The van der Waals surface area contributed by atoms with Gasteiger partial charge in [0.1, 0.15) is 12.4 Å². The number of nitrogens with zero attached hydrogens (tertiary/aromatic N) is 2. The first kappa shape index (κ1) is 21.8. The maximum Gasteiger partial charge on any atom is 0.269 e. The second-order valence-electron chi connectivity index (χ2n) is 6.43. The second-order valence-corrected chi connectivity index (χ2v) is 6.83. The van der Waals surface area contributed by atoms with Crippen LogP contribution in [0, 0.1) is 27.3 Å². The number of hydrogen-bond donors (Lipinski definition) is 0. The highest BCUT2D eigenvalue weighted by molar-refractivity contribution is 6.32. The summed E-state index contributed by atoms with van der Waals surface area (Å²) in [4.78, 5) is 10.4. The molecule has 3 aromatic rings. The van der Waals surface area contributed by atoms with E-state index in [1.807, 2.05) is 0 Å². The molecule has 0 radical (unpaired) electrons. The molecule has 0 bridgehead atoms. The summed E-state index contributed by atoms with van der Waals surface area (Å²) in [6, 6.07) is 17.0. The van der Waals surface area contributed by atoms with Crippen molar-refractivity contribution in [3.05, 3.63) is 98.3 Å². The zero-order valence-corrected chi connectivity index (χ0v) is 17.1. The monoisotopic (exact) mass is 438 g/mol. The molecule has 0 fully saturated rings. The van der Waals surface area contributed by atoms with E-state index in [1.165, 1.54) is 43.5 Å². The van der Waals surface area contributed by atoms with Gasteiger partial charge in [-0.1, -0.05) is 35.9 Å². The minimum Gasteiger partial charge on any atom is -0.493 e. The molecule has 6 nitrogen and oxygen atoms in total. The number of nitriles is 1. The van der Waals surface area contributed by atoms with Crippen molar-refractivity contribution in [3.63, 3.8) is 0 Å². The van der Waals surface area contributed by atoms with Crippen molar-refractivity contribution >= 4 is 28.9 Å². The Labute approximate surface area is 182 Å². The van der Waals surface area contributed by atoms with E-state index in [4.69, 9.17) is 21.1 Å². The van der Waals surface area contributed by atoms with Crippen molar-refractivity contribution < 1.29 is 18.8 Å². The van der Waals surface area contributed by atoms with Gasteiger partial charge in [-0.3, -0.25) is 10.1 Å². The number of nitro benzene ring substituents is 1. The van der Waals surface area contributed by atoms with Crippen LogP contribution in [0.3, 0.4) is 0 Å². The zero-order valence-electron chi connectivity index (χ0n) is 16.3. The van der Waals surface area contributed by atoms with E-state index in [-0.39, 0.29) is 23.1 Å². The van der Waals surface area contributed by atoms with Crippen molar-refractivity contribution in [2.24, 2.45) is 0 Å². The summed E-state index contributed by atoms with van der Waals surface area (Å²) in [7, 11) is 1.45. The van der Waals surface area contributed by atoms with Gasteiger partial charge in [-0.15, -0.1) is 0 Å². The predicted molar refractivity (Wildman–Crippen MR) is 115 cm³/mol. The molecule has 0 atom stereocenters. The molecular formula is C23H16ClFN2O4. The average molecular weight is 439 g/mol. The molecule has 0 aliphatic carbocycles. The number of rotatable bonds is 7. The summed E-state index contributed by atoms with van der Waals surface area (Å²) in [5.74, 6) is 0.213. The Kier molecular flexibility index (Phi) is 6.85. The third-order valence-electron chi connectivity index (χ3n) is 4.34. The van der Waals surface area contributed by atoms with Crippen LogP contribution in [-0.2, 0) is 6.61 Å². The van der Waals surface area contributed by atoms with Gasteiger partial charge in [-0.05, 0) is 47.0 Å². The van der Waals surface area contributed by atoms with E-state index in [2.05, 4.69) is 6.07 Å². The van der Waals surface area contributed by atoms with Gasteiger partial charge in [0, 0.05) is 12.1 Å². The number of methoxy groups -OCH3 is 1. The molecule has 0 saturated carbocycles. The van der Waals surface area contributed by atoms with E-state index in [0.717, 1.165) is 0 Å². The van der Waals surface area contributed by atoms with Crippen molar-refractivity contribution in [2.45, 2.75) is 6.61 Å². The summed E-state index contributed by atoms with van der Waals surface area (Å²) in [6.45, 7) is 0.0476. The molecule has 156 valence electrons. The lowest BCUT2D eigenvalue weighted by molar-refractivity contribution is -0.384. The molecule has 3 aromatic carbocycles. The number of halogens is 2. The van der Waals surface area contributed by atoms with Gasteiger partial charge in [0.05, 0.1) is 28.7 Å². The number of benzene rings is 3. The summed E-state index contributed by atoms with van der Waals surface area (Å²) in [5.41, 5.74) is 2.03. The Hall–Kier alpha value is -3.89. The summed E-state index contributed by atoms with van der Waals surface area (Å²) >= 11 is 6.38. The number of allylic oxidation sites excluding steroid dienone is 1. The molecule has 0 aliphatic rings. The van der Waals surface area contributed by atoms with Gasteiger partial charge >= 0.3 is 0 Å². The van der Waals surface area contributed by atoms with Gasteiger partial charge in [0.15, 0.2) is 11.5 Å². The molecule has 0 amide bonds. The van der Waals surface area contributed by atoms with Gasteiger partial charge in [0.25, 0.3) is 5.69 Å². The Balaban J connectivity index is 1.88. The lowest BCUT2D eigenvalue weighted by Crippen LogP contribution is -2.00. The maximum atomic E-state index is 13.2. The molecule has 8 heteroatoms. The topological polar surface area (TPSA) is 85.4 Å². The summed E-state index contributed by atoms with van der Waals surface area (Å²) in [6.07, 6.45) is 1.60. The lowest BCUT2D eigenvalue weighted by Gasteiger charge is -2.13. The Morgan fingerprint density at radius 1 is 1.23 bits per heavy atom. The van der Waals surface area contributed by atoms with Crippen LogP contribution in [0.25, 0.3) is 11.6 Å². The van der Waals surface area contributed by atoms with Gasteiger partial charge < -0.3 is 9.47 Å². The van der Waals surface area contributed by atoms with Crippen molar-refractivity contribution in [1.82, 2.24) is 0 Å². The normalized spacial score (nSPS) is 11.0. The van der Waals surface area contributed by atoms with Gasteiger partial charge in [-0.25, -0.2) is 4.39 Å². The average Bonchev–Trinajstić information content (AvgIpc) is 2.77. The predicted octanol–water partition coefficient (Wildman–Crippen LogP) is 6.04. The van der Waals surface area contributed by atoms with E-state index in [1.54, 1.807) is 30.3 Å². The van der Waals surface area contributed by atoms with Crippen LogP contribution in [0.5, 0.6) is 11.5 Å². The highest BCUT2D eigenvalue weighted by Gasteiger charge is 2.14. The molecular weight excluding hydrogens is 423 g/mol. The van der Waals surface area contributed by atoms with Crippen molar-refractivity contribution in [1.29, 1.82) is 5.26 Å². The Bertz CT molecular complexity index is 1190.